The van der Waals surface area contributed by atoms with Crippen LogP contribution in [-0.2, 0) is 9.36 Å². The lowest BCUT2D eigenvalue weighted by Crippen LogP contribution is -2.52. The fraction of sp³-hybridized carbons (Fsp3) is 0.333. The number of guanidine groups is 1. The Labute approximate surface area is 62.9 Å². The molecule has 0 aromatic heterocycles. The van der Waals surface area contributed by atoms with Crippen LogP contribution in [0.15, 0.2) is 0 Å². The largest absolute Gasteiger partial charge is 0.477 e. The predicted molar refractivity (Wildman–Crippen MR) is 35.2 cm³/mol. The molecule has 0 saturated heterocycles. The molecule has 1 atom stereocenters. The number of nitrogens with two attached hydrogens (primary N) is 1. The Kier molecular flexibility index (Phi) is 2.91. The number of carboxylic acid groups (broad SMARTS) is 1. The van der Waals surface area contributed by atoms with E-state index in [9.17, 15) is 9.36 Å². The average molecular weight is 179 g/mol. The Morgan fingerprint density at radius 1 is 1.73 bits per heavy atom. The van der Waals surface area contributed by atoms with E-state index in [2.05, 4.69) is 0 Å². The highest BCUT2D eigenvalue weighted by atomic mass is 31.1. The number of hydrogen-bond acceptors (Lipinski definition) is 4. The lowest BCUT2D eigenvalue weighted by atomic mass is 10.5. The maximum Gasteiger partial charge on any atom is 0.370 e. The van der Waals surface area contributed by atoms with Gasteiger partial charge in [0.05, 0.1) is 0 Å². The second-order valence-corrected chi connectivity index (χ2v) is 2.44. The summed E-state index contributed by atoms with van der Waals surface area (Å²) in [4.78, 5) is 10.1. The molecule has 0 aromatic carbocycles. The number of rotatable bonds is 3. The summed E-state index contributed by atoms with van der Waals surface area (Å²) < 4.78 is 10.1. The van der Waals surface area contributed by atoms with Crippen LogP contribution >= 0.6 is 8.46 Å². The van der Waals surface area contributed by atoms with Crippen molar-refractivity contribution in [2.45, 2.75) is 5.47 Å². The Balaban J connectivity index is 4.47. The molecule has 11 heavy (non-hydrogen) atoms. The zero-order valence-corrected chi connectivity index (χ0v) is 6.13. The van der Waals surface area contributed by atoms with Crippen LogP contribution in [0.2, 0.25) is 0 Å². The summed E-state index contributed by atoms with van der Waals surface area (Å²) in [5, 5.41) is 25.2. The van der Waals surface area contributed by atoms with E-state index in [1.54, 1.807) is 5.32 Å². The summed E-state index contributed by atoms with van der Waals surface area (Å²) in [6.07, 6.45) is 0. The number of carboxylic acids is 1. The summed E-state index contributed by atoms with van der Waals surface area (Å²) in [5.74, 6) is -2.55. The first-order valence-electron chi connectivity index (χ1n) is 2.35. The van der Waals surface area contributed by atoms with Crippen LogP contribution in [0.1, 0.15) is 0 Å². The van der Waals surface area contributed by atoms with E-state index in [0.29, 0.717) is 0 Å². The van der Waals surface area contributed by atoms with Gasteiger partial charge >= 0.3 is 11.4 Å². The van der Waals surface area contributed by atoms with Gasteiger partial charge in [-0.3, -0.25) is 9.97 Å². The molecule has 0 aliphatic carbocycles. The second kappa shape index (κ2) is 3.27. The normalized spacial score (nSPS) is 15.4. The van der Waals surface area contributed by atoms with Gasteiger partial charge in [-0.25, -0.2) is 4.79 Å². The van der Waals surface area contributed by atoms with E-state index >= 15 is 0 Å². The highest BCUT2D eigenvalue weighted by Gasteiger charge is 2.37. The smallest absolute Gasteiger partial charge is 0.370 e. The fourth-order valence-electron chi connectivity index (χ4n) is 0.303. The summed E-state index contributed by atoms with van der Waals surface area (Å²) in [7, 11) is -1.08. The van der Waals surface area contributed by atoms with E-state index in [1.165, 1.54) is 0 Å². The number of nitrogens with one attached hydrogen (secondary N) is 2. The minimum atomic E-state index is -2.70. The van der Waals surface area contributed by atoms with Gasteiger partial charge in [0, 0.05) is 0 Å². The molecule has 0 aliphatic heterocycles. The lowest BCUT2D eigenvalue weighted by molar-refractivity contribution is -0.150. The quantitative estimate of drug-likeness (QED) is 0.154. The average Bonchev–Trinajstić information content (AvgIpc) is 1.86. The van der Waals surface area contributed by atoms with E-state index in [0.717, 1.165) is 0 Å². The van der Waals surface area contributed by atoms with Crippen LogP contribution in [0.3, 0.4) is 0 Å². The zero-order valence-electron chi connectivity index (χ0n) is 5.24. The minimum Gasteiger partial charge on any atom is -0.477 e. The van der Waals surface area contributed by atoms with Crippen molar-refractivity contribution in [3.8, 4) is 0 Å². The van der Waals surface area contributed by atoms with Gasteiger partial charge < -0.3 is 21.3 Å². The molecule has 0 bridgehead atoms. The first-order chi connectivity index (χ1) is 4.92. The summed E-state index contributed by atoms with van der Waals surface area (Å²) in [6, 6.07) is 0. The highest BCUT2D eigenvalue weighted by molar-refractivity contribution is 7.27. The highest BCUT2D eigenvalue weighted by Crippen LogP contribution is 2.15. The molecule has 8 heteroatoms. The second-order valence-electron chi connectivity index (χ2n) is 1.61. The Hall–Kier alpha value is -1.20. The molecule has 0 aromatic rings. The van der Waals surface area contributed by atoms with Gasteiger partial charge in [0.2, 0.25) is 8.46 Å². The van der Waals surface area contributed by atoms with Crippen molar-refractivity contribution in [1.29, 1.82) is 5.41 Å². The monoisotopic (exact) mass is 179 g/mol. The van der Waals surface area contributed by atoms with Crippen molar-refractivity contribution in [3.05, 3.63) is 0 Å². The van der Waals surface area contributed by atoms with Crippen molar-refractivity contribution in [2.75, 3.05) is 0 Å². The van der Waals surface area contributed by atoms with Crippen LogP contribution < -0.4 is 11.1 Å². The molecule has 0 radical (unpaired) electrons. The van der Waals surface area contributed by atoms with Crippen LogP contribution in [0.4, 0.5) is 0 Å². The Morgan fingerprint density at radius 3 is 2.27 bits per heavy atom. The topological polar surface area (TPSA) is 136 Å². The van der Waals surface area contributed by atoms with E-state index in [-0.39, 0.29) is 0 Å². The molecule has 7 nitrogen and oxygen atoms in total. The standard InChI is InChI=1S/C3H6N3O4P/c4-2(5)6-3(9,11-10)1(7)8/h9H,(H,7,8)(H4,4,5,6). The molecule has 0 amide bonds. The molecule has 0 spiro atoms. The molecule has 1 unspecified atom stereocenters. The van der Waals surface area contributed by atoms with Gasteiger partial charge in [-0.15, -0.1) is 0 Å². The van der Waals surface area contributed by atoms with Gasteiger partial charge in [-0.1, -0.05) is 0 Å². The third kappa shape index (κ3) is 2.48. The van der Waals surface area contributed by atoms with Crippen molar-refractivity contribution in [2.24, 2.45) is 5.73 Å². The molecule has 6 N–H and O–H groups in total. The maximum atomic E-state index is 10.1. The molecular formula is C3H6N3O4P. The van der Waals surface area contributed by atoms with Crippen molar-refractivity contribution in [1.82, 2.24) is 5.32 Å². The van der Waals surface area contributed by atoms with Gasteiger partial charge in [0.1, 0.15) is 0 Å². The van der Waals surface area contributed by atoms with E-state index < -0.39 is 25.9 Å². The molecular weight excluding hydrogens is 173 g/mol. The van der Waals surface area contributed by atoms with E-state index in [1.807, 2.05) is 0 Å². The minimum absolute atomic E-state index is 0.779. The summed E-state index contributed by atoms with van der Waals surface area (Å²) >= 11 is 0. The lowest BCUT2D eigenvalue weighted by Gasteiger charge is -2.15. The van der Waals surface area contributed by atoms with Crippen molar-refractivity contribution in [3.63, 3.8) is 0 Å². The number of aliphatic carboxylic acids is 1. The molecule has 0 saturated carbocycles. The summed E-state index contributed by atoms with van der Waals surface area (Å²) in [5.41, 5.74) is 1.99. The first-order valence-corrected chi connectivity index (χ1v) is 3.16. The molecule has 0 rings (SSSR count). The molecule has 0 fully saturated rings. The first kappa shape index (κ1) is 9.80. The number of carbonyl (C=O) groups is 1. The SMILES string of the molecule is N=C(N)NC(O)(P=O)C(=O)O. The van der Waals surface area contributed by atoms with Gasteiger partial charge in [-0.05, 0) is 0 Å². The fourth-order valence-corrected chi connectivity index (χ4v) is 0.547. The molecule has 0 aliphatic rings. The van der Waals surface area contributed by atoms with Crippen LogP contribution in [-0.4, -0.2) is 27.6 Å². The van der Waals surface area contributed by atoms with Crippen molar-refractivity contribution >= 4 is 20.4 Å². The molecule has 0 heterocycles. The van der Waals surface area contributed by atoms with Crippen molar-refractivity contribution < 1.29 is 19.6 Å². The Morgan fingerprint density at radius 2 is 2.18 bits per heavy atom. The third-order valence-electron chi connectivity index (χ3n) is 0.739. The molecule has 62 valence electrons. The zero-order chi connectivity index (χ0) is 9.07. The van der Waals surface area contributed by atoms with E-state index in [4.69, 9.17) is 21.4 Å². The number of hydrogen-bond donors (Lipinski definition) is 5. The third-order valence-corrected chi connectivity index (χ3v) is 1.31. The maximum absolute atomic E-state index is 10.1. The van der Waals surface area contributed by atoms with Crippen LogP contribution in [0.25, 0.3) is 0 Å². The van der Waals surface area contributed by atoms with Crippen LogP contribution in [0.5, 0.6) is 0 Å². The predicted octanol–water partition coefficient (Wildman–Crippen LogP) is -1.51. The van der Waals surface area contributed by atoms with Gasteiger partial charge in [-0.2, -0.15) is 0 Å². The summed E-state index contributed by atoms with van der Waals surface area (Å²) in [6.45, 7) is 0. The Bertz CT molecular complexity index is 207. The number of aliphatic hydroxyl groups is 1. The van der Waals surface area contributed by atoms with Crippen LogP contribution in [0, 0.1) is 5.41 Å². The van der Waals surface area contributed by atoms with Gasteiger partial charge in [0.15, 0.2) is 5.96 Å². The van der Waals surface area contributed by atoms with Gasteiger partial charge in [0.25, 0.3) is 0 Å².